The summed E-state index contributed by atoms with van der Waals surface area (Å²) in [5.74, 6) is -0.233. The maximum absolute atomic E-state index is 12.1. The summed E-state index contributed by atoms with van der Waals surface area (Å²) in [5, 5.41) is 0. The first-order chi connectivity index (χ1) is 32.9. The molecule has 0 bridgehead atoms. The van der Waals surface area contributed by atoms with E-state index in [1.807, 2.05) is 0 Å². The van der Waals surface area contributed by atoms with Gasteiger partial charge >= 0.3 is 0 Å². The van der Waals surface area contributed by atoms with Crippen molar-refractivity contribution in [1.82, 2.24) is 0 Å². The molecule has 0 saturated carbocycles. The molecule has 0 fully saturated rings. The third kappa shape index (κ3) is 54.3. The van der Waals surface area contributed by atoms with Gasteiger partial charge in [-0.1, -0.05) is 310 Å². The Balaban J connectivity index is 4.79. The first-order valence-corrected chi connectivity index (χ1v) is 32.4. The van der Waals surface area contributed by atoms with Crippen LogP contribution in [0.2, 0.25) is 0 Å². The zero-order chi connectivity index (χ0) is 48.7. The Bertz CT molecular complexity index is 1030. The van der Waals surface area contributed by atoms with Gasteiger partial charge in [0.1, 0.15) is 30.9 Å². The second-order valence-electron chi connectivity index (χ2n) is 21.4. The third-order valence-corrected chi connectivity index (χ3v) is 15.3. The zero-order valence-electron chi connectivity index (χ0n) is 46.1. The maximum atomic E-state index is 12.1. The van der Waals surface area contributed by atoms with E-state index in [2.05, 4.69) is 57.6 Å². The molecule has 4 nitrogen and oxygen atoms in total. The molecule has 0 aromatic rings. The van der Waals surface area contributed by atoms with Gasteiger partial charge in [0.2, 0.25) is 0 Å². The zero-order valence-corrected chi connectivity index (χ0v) is 46.9. The van der Waals surface area contributed by atoms with E-state index in [0.717, 1.165) is 19.3 Å². The molecule has 0 aliphatic rings. The summed E-state index contributed by atoms with van der Waals surface area (Å²) in [4.78, 5) is 0. The third-order valence-electron chi connectivity index (χ3n) is 14.6. The number of hydrogen-bond acceptors (Lipinski definition) is 2. The standard InChI is InChI=1S/C62H121NO3S/c1-4-7-10-13-16-19-22-25-28-31-34-37-40-43-46-49-52-55-58-63(61-62-67(64,65)66,59-56-53-50-47-44-41-38-35-32-29-26-23-20-17-14-11-8-5-2)60-57-54-51-48-45-42-39-36-33-30-27-24-21-18-15-12-9-6-3/h55-60H,4-54,61-62H2,1-3H3/p+1/b58-55+,59-56+,60-57+. The predicted molar refractivity (Wildman–Crippen MR) is 301 cm³/mol. The SMILES string of the molecule is CCCCCCCCCCCCCCCCCC/C=C/[N+](/C=C/CCCCCCCCCCCCCCCCCC)(/C=C/CCCCCCCCCCCCCCCCCC)CCS(=O)(=O)O. The highest BCUT2D eigenvalue weighted by molar-refractivity contribution is 7.85. The lowest BCUT2D eigenvalue weighted by molar-refractivity contribution is -0.770. The molecule has 1 N–H and O–H groups in total. The van der Waals surface area contributed by atoms with Crippen LogP contribution in [0.15, 0.2) is 36.8 Å². The van der Waals surface area contributed by atoms with Crippen LogP contribution in [0.25, 0.3) is 0 Å². The van der Waals surface area contributed by atoms with Crippen molar-refractivity contribution in [3.8, 4) is 0 Å². The van der Waals surface area contributed by atoms with Crippen LogP contribution in [-0.2, 0) is 10.1 Å². The van der Waals surface area contributed by atoms with E-state index in [0.29, 0.717) is 11.0 Å². The van der Waals surface area contributed by atoms with Crippen LogP contribution in [0.3, 0.4) is 0 Å². The largest absolute Gasteiger partial charge is 0.285 e. The first-order valence-electron chi connectivity index (χ1n) is 30.7. The smallest absolute Gasteiger partial charge is 0.270 e. The Labute approximate surface area is 423 Å². The van der Waals surface area contributed by atoms with Gasteiger partial charge < -0.3 is 0 Å². The van der Waals surface area contributed by atoms with Crippen LogP contribution < -0.4 is 0 Å². The second kappa shape index (κ2) is 54.4. The molecule has 0 spiro atoms. The van der Waals surface area contributed by atoms with Gasteiger partial charge in [0.05, 0.1) is 0 Å². The Hall–Kier alpha value is -0.910. The van der Waals surface area contributed by atoms with Gasteiger partial charge in [-0.3, -0.25) is 4.55 Å². The van der Waals surface area contributed by atoms with Gasteiger partial charge in [-0.2, -0.15) is 8.42 Å². The molecule has 0 atom stereocenters. The highest BCUT2D eigenvalue weighted by Crippen LogP contribution is 2.20. The van der Waals surface area contributed by atoms with Crippen molar-refractivity contribution in [3.05, 3.63) is 36.8 Å². The monoisotopic (exact) mass is 961 g/mol. The number of nitrogens with zero attached hydrogens (tertiary/aromatic N) is 1. The van der Waals surface area contributed by atoms with Gasteiger partial charge in [-0.05, 0) is 56.8 Å². The number of allylic oxidation sites excluding steroid dienone is 3. The molecule has 0 unspecified atom stereocenters. The lowest BCUT2D eigenvalue weighted by atomic mass is 10.0. The molecule has 0 amide bonds. The number of unbranched alkanes of at least 4 members (excludes halogenated alkanes) is 48. The lowest BCUT2D eigenvalue weighted by Gasteiger charge is -2.26. The minimum Gasteiger partial charge on any atom is -0.285 e. The van der Waals surface area contributed by atoms with Crippen LogP contribution in [0.4, 0.5) is 0 Å². The van der Waals surface area contributed by atoms with Crippen molar-refractivity contribution >= 4 is 10.1 Å². The average molecular weight is 962 g/mol. The molecule has 398 valence electrons. The van der Waals surface area contributed by atoms with Crippen LogP contribution >= 0.6 is 0 Å². The van der Waals surface area contributed by atoms with Gasteiger partial charge in [-0.25, -0.2) is 4.48 Å². The van der Waals surface area contributed by atoms with Crippen molar-refractivity contribution in [2.24, 2.45) is 0 Å². The van der Waals surface area contributed by atoms with E-state index in [1.54, 1.807) is 0 Å². The summed E-state index contributed by atoms with van der Waals surface area (Å²) in [5.41, 5.74) is 0. The second-order valence-corrected chi connectivity index (χ2v) is 23.0. The predicted octanol–water partition coefficient (Wildman–Crippen LogP) is 22.2. The van der Waals surface area contributed by atoms with E-state index in [-0.39, 0.29) is 5.75 Å². The lowest BCUT2D eigenvalue weighted by Crippen LogP contribution is -2.35. The van der Waals surface area contributed by atoms with Gasteiger partial charge in [0, 0.05) is 0 Å². The highest BCUT2D eigenvalue weighted by Gasteiger charge is 2.22. The molecule has 0 aromatic carbocycles. The summed E-state index contributed by atoms with van der Waals surface area (Å²) in [6, 6.07) is 0. The Kier molecular flexibility index (Phi) is 53.7. The molecular weight excluding hydrogens is 839 g/mol. The highest BCUT2D eigenvalue weighted by atomic mass is 32.2. The summed E-state index contributed by atoms with van der Waals surface area (Å²) in [7, 11) is -4.06. The van der Waals surface area contributed by atoms with E-state index >= 15 is 0 Å². The summed E-state index contributed by atoms with van der Waals surface area (Å²) < 4.78 is 34.4. The molecule has 5 heteroatoms. The van der Waals surface area contributed by atoms with Gasteiger partial charge in [0.15, 0.2) is 0 Å². The summed E-state index contributed by atoms with van der Waals surface area (Å²) in [6.07, 6.45) is 82.6. The maximum Gasteiger partial charge on any atom is 0.270 e. The Morgan fingerprint density at radius 2 is 0.448 bits per heavy atom. The fourth-order valence-corrected chi connectivity index (χ4v) is 10.4. The average Bonchev–Trinajstić information content (AvgIpc) is 3.31. The van der Waals surface area contributed by atoms with E-state index in [9.17, 15) is 13.0 Å². The summed E-state index contributed by atoms with van der Waals surface area (Å²) in [6.45, 7) is 7.22. The Morgan fingerprint density at radius 1 is 0.284 bits per heavy atom. The molecule has 0 aromatic heterocycles. The van der Waals surface area contributed by atoms with E-state index in [4.69, 9.17) is 0 Å². The Morgan fingerprint density at radius 3 is 0.612 bits per heavy atom. The molecule has 0 saturated heterocycles. The van der Waals surface area contributed by atoms with E-state index in [1.165, 1.54) is 308 Å². The molecule has 0 heterocycles. The molecule has 67 heavy (non-hydrogen) atoms. The van der Waals surface area contributed by atoms with Gasteiger partial charge in [-0.15, -0.1) is 0 Å². The van der Waals surface area contributed by atoms with Crippen LogP contribution in [0.1, 0.15) is 348 Å². The number of rotatable bonds is 57. The molecular formula is C62H122NO3S+. The fourth-order valence-electron chi connectivity index (χ4n) is 9.89. The van der Waals surface area contributed by atoms with E-state index < -0.39 is 10.1 Å². The molecule has 0 aliphatic carbocycles. The normalized spacial score (nSPS) is 12.6. The van der Waals surface area contributed by atoms with Crippen molar-refractivity contribution in [2.45, 2.75) is 348 Å². The fraction of sp³-hybridized carbons (Fsp3) is 0.903. The molecule has 0 rings (SSSR count). The first kappa shape index (κ1) is 66.1. The molecule has 0 aliphatic heterocycles. The summed E-state index contributed by atoms with van der Waals surface area (Å²) >= 11 is 0. The van der Waals surface area contributed by atoms with Crippen LogP contribution in [0.5, 0.6) is 0 Å². The van der Waals surface area contributed by atoms with Crippen LogP contribution in [-0.4, -0.2) is 29.8 Å². The number of quaternary nitrogens is 1. The topological polar surface area (TPSA) is 54.4 Å². The van der Waals surface area contributed by atoms with Crippen molar-refractivity contribution in [3.63, 3.8) is 0 Å². The minimum atomic E-state index is -4.06. The molecule has 0 radical (unpaired) electrons. The van der Waals surface area contributed by atoms with Crippen molar-refractivity contribution < 1.29 is 17.5 Å². The number of hydrogen-bond donors (Lipinski definition) is 1. The minimum absolute atomic E-state index is 0.233. The van der Waals surface area contributed by atoms with Crippen LogP contribution in [0, 0.1) is 0 Å². The van der Waals surface area contributed by atoms with Crippen molar-refractivity contribution in [1.29, 1.82) is 0 Å². The quantitative estimate of drug-likeness (QED) is 0.0375. The van der Waals surface area contributed by atoms with Crippen molar-refractivity contribution in [2.75, 3.05) is 12.3 Å². The van der Waals surface area contributed by atoms with Gasteiger partial charge in [0.25, 0.3) is 10.1 Å².